The molecular formula is C13H14BrFO2. The summed E-state index contributed by atoms with van der Waals surface area (Å²) in [6, 6.07) is 7.47. The molecule has 1 aromatic rings. The maximum Gasteiger partial charge on any atom is 0.309 e. The molecule has 0 saturated heterocycles. The first-order valence-electron chi connectivity index (χ1n) is 5.72. The molecule has 0 aromatic heterocycles. The third kappa shape index (κ3) is 2.68. The second-order valence-corrected chi connectivity index (χ2v) is 5.39. The average molecular weight is 301 g/mol. The molecule has 1 aliphatic rings. The van der Waals surface area contributed by atoms with Gasteiger partial charge in [-0.15, -0.1) is 0 Å². The lowest BCUT2D eigenvalue weighted by atomic mass is 9.76. The van der Waals surface area contributed by atoms with Crippen molar-refractivity contribution in [3.05, 3.63) is 34.3 Å². The summed E-state index contributed by atoms with van der Waals surface area (Å²) in [5.41, 5.74) is 0.895. The van der Waals surface area contributed by atoms with Crippen LogP contribution in [0.3, 0.4) is 0 Å². The van der Waals surface area contributed by atoms with Crippen LogP contribution in [-0.4, -0.2) is 17.2 Å². The van der Waals surface area contributed by atoms with E-state index in [0.29, 0.717) is 6.42 Å². The molecule has 3 unspecified atom stereocenters. The molecule has 0 aliphatic heterocycles. The Morgan fingerprint density at radius 2 is 1.94 bits per heavy atom. The van der Waals surface area contributed by atoms with Gasteiger partial charge in [0.05, 0.1) is 5.92 Å². The largest absolute Gasteiger partial charge is 0.481 e. The third-order valence-electron chi connectivity index (χ3n) is 3.41. The quantitative estimate of drug-likeness (QED) is 0.903. The van der Waals surface area contributed by atoms with Crippen LogP contribution in [0.1, 0.15) is 30.7 Å². The molecule has 4 heteroatoms. The number of hydrogen-bond donors (Lipinski definition) is 1. The Bertz CT molecular complexity index is 404. The van der Waals surface area contributed by atoms with E-state index in [1.54, 1.807) is 0 Å². The Morgan fingerprint density at radius 1 is 1.29 bits per heavy atom. The van der Waals surface area contributed by atoms with E-state index in [1.165, 1.54) is 0 Å². The Kier molecular flexibility index (Phi) is 3.82. The number of rotatable bonds is 2. The van der Waals surface area contributed by atoms with Gasteiger partial charge in [-0.1, -0.05) is 34.5 Å². The zero-order valence-corrected chi connectivity index (χ0v) is 10.9. The number of alkyl halides is 1. The van der Waals surface area contributed by atoms with Gasteiger partial charge in [-0.05, 0) is 30.5 Å². The summed E-state index contributed by atoms with van der Waals surface area (Å²) in [5.74, 6) is -2.14. The Labute approximate surface area is 108 Å². The molecule has 1 fully saturated rings. The Morgan fingerprint density at radius 3 is 2.53 bits per heavy atom. The van der Waals surface area contributed by atoms with Crippen LogP contribution in [0.2, 0.25) is 0 Å². The van der Waals surface area contributed by atoms with E-state index in [9.17, 15) is 9.18 Å². The predicted octanol–water partition coefficient (Wildman–Crippen LogP) is 3.76. The first-order chi connectivity index (χ1) is 8.09. The van der Waals surface area contributed by atoms with Gasteiger partial charge < -0.3 is 5.11 Å². The van der Waals surface area contributed by atoms with Crippen LogP contribution in [0, 0.1) is 5.92 Å². The van der Waals surface area contributed by atoms with Gasteiger partial charge in [0.25, 0.3) is 0 Å². The lowest BCUT2D eigenvalue weighted by Crippen LogP contribution is -2.33. The Hall–Kier alpha value is -0.900. The van der Waals surface area contributed by atoms with Crippen molar-refractivity contribution in [2.45, 2.75) is 31.4 Å². The molecule has 0 radical (unpaired) electrons. The first-order valence-corrected chi connectivity index (χ1v) is 6.51. The summed E-state index contributed by atoms with van der Waals surface area (Å²) in [5, 5.41) is 8.97. The third-order valence-corrected chi connectivity index (χ3v) is 3.94. The highest BCUT2D eigenvalue weighted by Gasteiger charge is 2.38. The minimum Gasteiger partial charge on any atom is -0.481 e. The van der Waals surface area contributed by atoms with Gasteiger partial charge in [-0.3, -0.25) is 4.79 Å². The van der Waals surface area contributed by atoms with Gasteiger partial charge in [-0.25, -0.2) is 4.39 Å². The van der Waals surface area contributed by atoms with Gasteiger partial charge in [0, 0.05) is 10.4 Å². The van der Waals surface area contributed by atoms with Crippen LogP contribution < -0.4 is 0 Å². The van der Waals surface area contributed by atoms with Gasteiger partial charge >= 0.3 is 5.97 Å². The molecule has 2 nitrogen and oxygen atoms in total. The molecule has 0 amide bonds. The van der Waals surface area contributed by atoms with Crippen molar-refractivity contribution in [3.8, 4) is 0 Å². The molecule has 0 bridgehead atoms. The van der Waals surface area contributed by atoms with E-state index < -0.39 is 18.1 Å². The van der Waals surface area contributed by atoms with E-state index >= 15 is 0 Å². The zero-order valence-electron chi connectivity index (χ0n) is 9.27. The van der Waals surface area contributed by atoms with E-state index in [1.807, 2.05) is 24.3 Å². The van der Waals surface area contributed by atoms with E-state index in [2.05, 4.69) is 15.9 Å². The molecule has 1 aliphatic carbocycles. The summed E-state index contributed by atoms with van der Waals surface area (Å²) in [4.78, 5) is 10.9. The fraction of sp³-hybridized carbons (Fsp3) is 0.462. The van der Waals surface area contributed by atoms with Crippen LogP contribution in [-0.2, 0) is 4.79 Å². The smallest absolute Gasteiger partial charge is 0.309 e. The standard InChI is InChI=1S/C13H14BrFO2/c14-9-6-4-8(5-7-9)10-2-1-3-11(12(10)15)13(16)17/h4-7,10-12H,1-3H2,(H,16,17). The summed E-state index contributed by atoms with van der Waals surface area (Å²) < 4.78 is 15.1. The highest BCUT2D eigenvalue weighted by molar-refractivity contribution is 9.10. The number of carboxylic acid groups (broad SMARTS) is 1. The summed E-state index contributed by atoms with van der Waals surface area (Å²) >= 11 is 3.33. The first kappa shape index (κ1) is 12.6. The highest BCUT2D eigenvalue weighted by Crippen LogP contribution is 2.39. The van der Waals surface area contributed by atoms with Crippen LogP contribution in [0.15, 0.2) is 28.7 Å². The lowest BCUT2D eigenvalue weighted by Gasteiger charge is -2.31. The zero-order chi connectivity index (χ0) is 12.4. The fourth-order valence-corrected chi connectivity index (χ4v) is 2.74. The maximum absolute atomic E-state index is 14.2. The number of carboxylic acids is 1. The monoisotopic (exact) mass is 300 g/mol. The molecule has 1 aromatic carbocycles. The fourth-order valence-electron chi connectivity index (χ4n) is 2.48. The topological polar surface area (TPSA) is 37.3 Å². The number of hydrogen-bond acceptors (Lipinski definition) is 1. The van der Waals surface area contributed by atoms with E-state index in [4.69, 9.17) is 5.11 Å². The van der Waals surface area contributed by atoms with E-state index in [-0.39, 0.29) is 5.92 Å². The summed E-state index contributed by atoms with van der Waals surface area (Å²) in [6.45, 7) is 0. The highest BCUT2D eigenvalue weighted by atomic mass is 79.9. The van der Waals surface area contributed by atoms with Crippen molar-refractivity contribution in [2.24, 2.45) is 5.92 Å². The molecule has 1 saturated carbocycles. The normalized spacial score (nSPS) is 28.9. The lowest BCUT2D eigenvalue weighted by molar-refractivity contribution is -0.145. The van der Waals surface area contributed by atoms with Crippen molar-refractivity contribution in [1.29, 1.82) is 0 Å². The maximum atomic E-state index is 14.2. The van der Waals surface area contributed by atoms with E-state index in [0.717, 1.165) is 22.9 Å². The van der Waals surface area contributed by atoms with Crippen molar-refractivity contribution in [1.82, 2.24) is 0 Å². The van der Waals surface area contributed by atoms with Gasteiger partial charge in [0.2, 0.25) is 0 Å². The van der Waals surface area contributed by atoms with Crippen LogP contribution in [0.4, 0.5) is 4.39 Å². The van der Waals surface area contributed by atoms with Gasteiger partial charge in [0.1, 0.15) is 6.17 Å². The molecule has 2 rings (SSSR count). The molecule has 92 valence electrons. The van der Waals surface area contributed by atoms with Crippen LogP contribution in [0.25, 0.3) is 0 Å². The number of aliphatic carboxylic acids is 1. The second-order valence-electron chi connectivity index (χ2n) is 4.48. The van der Waals surface area contributed by atoms with Gasteiger partial charge in [0.15, 0.2) is 0 Å². The van der Waals surface area contributed by atoms with Crippen molar-refractivity contribution in [3.63, 3.8) is 0 Å². The predicted molar refractivity (Wildman–Crippen MR) is 66.8 cm³/mol. The molecule has 0 spiro atoms. The SMILES string of the molecule is O=C(O)C1CCCC(c2ccc(Br)cc2)C1F. The van der Waals surface area contributed by atoms with Crippen molar-refractivity contribution < 1.29 is 14.3 Å². The van der Waals surface area contributed by atoms with Gasteiger partial charge in [-0.2, -0.15) is 0 Å². The number of halogens is 2. The average Bonchev–Trinajstić information content (AvgIpc) is 2.30. The molecule has 17 heavy (non-hydrogen) atoms. The molecule has 3 atom stereocenters. The second kappa shape index (κ2) is 5.17. The minimum absolute atomic E-state index is 0.280. The summed E-state index contributed by atoms with van der Waals surface area (Å²) in [7, 11) is 0. The van der Waals surface area contributed by atoms with Crippen molar-refractivity contribution >= 4 is 21.9 Å². The number of benzene rings is 1. The van der Waals surface area contributed by atoms with Crippen LogP contribution >= 0.6 is 15.9 Å². The Balaban J connectivity index is 2.20. The van der Waals surface area contributed by atoms with Crippen molar-refractivity contribution in [2.75, 3.05) is 0 Å². The molecule has 0 heterocycles. The molecule has 1 N–H and O–H groups in total. The minimum atomic E-state index is -1.28. The molecular weight excluding hydrogens is 287 g/mol. The summed E-state index contributed by atoms with van der Waals surface area (Å²) in [6.07, 6.45) is 0.677. The number of carbonyl (C=O) groups is 1. The van der Waals surface area contributed by atoms with Crippen LogP contribution in [0.5, 0.6) is 0 Å².